The molecule has 0 radical (unpaired) electrons. The Bertz CT molecular complexity index is 731. The lowest BCUT2D eigenvalue weighted by Gasteiger charge is -2.29. The Balaban J connectivity index is 1.76. The molecule has 1 aliphatic heterocycles. The van der Waals surface area contributed by atoms with E-state index in [4.69, 9.17) is 4.74 Å². The van der Waals surface area contributed by atoms with Crippen molar-refractivity contribution in [1.29, 1.82) is 0 Å². The van der Waals surface area contributed by atoms with E-state index in [2.05, 4.69) is 15.4 Å². The van der Waals surface area contributed by atoms with Gasteiger partial charge in [0.25, 0.3) is 0 Å². The largest absolute Gasteiger partial charge is 0.375 e. The number of rotatable bonds is 5. The molecule has 0 spiro atoms. The van der Waals surface area contributed by atoms with Gasteiger partial charge in [-0.2, -0.15) is 0 Å². The van der Waals surface area contributed by atoms with Crippen LogP contribution in [-0.2, 0) is 19.6 Å². The molecule has 2 atom stereocenters. The summed E-state index contributed by atoms with van der Waals surface area (Å²) >= 11 is 0. The van der Waals surface area contributed by atoms with Gasteiger partial charge in [0.2, 0.25) is 15.9 Å². The molecule has 1 amide bonds. The molecule has 0 bridgehead atoms. The van der Waals surface area contributed by atoms with Gasteiger partial charge in [0, 0.05) is 18.3 Å². The number of sulfonamides is 1. The lowest BCUT2D eigenvalue weighted by molar-refractivity contribution is -0.123. The van der Waals surface area contributed by atoms with Crippen molar-refractivity contribution in [3.8, 4) is 0 Å². The number of carbonyl (C=O) groups is 1. The van der Waals surface area contributed by atoms with Crippen molar-refractivity contribution in [3.63, 3.8) is 0 Å². The van der Waals surface area contributed by atoms with Crippen LogP contribution in [-0.4, -0.2) is 45.7 Å². The maximum Gasteiger partial charge on any atom is 0.244 e. The molecule has 132 valence electrons. The number of amides is 1. The Morgan fingerprint density at radius 1 is 1.33 bits per heavy atom. The van der Waals surface area contributed by atoms with Crippen LogP contribution in [0.1, 0.15) is 25.3 Å². The van der Waals surface area contributed by atoms with E-state index >= 15 is 0 Å². The van der Waals surface area contributed by atoms with Gasteiger partial charge in [-0.25, -0.2) is 13.1 Å². The van der Waals surface area contributed by atoms with Gasteiger partial charge in [0.05, 0.1) is 17.6 Å². The van der Waals surface area contributed by atoms with E-state index in [0.717, 1.165) is 12.8 Å². The molecular weight excluding hydrogens is 330 g/mol. The molecule has 7 nitrogen and oxygen atoms in total. The standard InChI is InChI=1S/C16H23N3O4S/c1-10-3-4-13(9-14(10)24(21,22)19-12-5-6-12)18-16(20)15-11(2)23-8-7-17-15/h3-4,9,11-12,15,17,19H,5-8H2,1-2H3,(H,18,20)/t11-,15+/m1/s1. The second-order valence-electron chi connectivity index (χ2n) is 6.37. The zero-order valence-corrected chi connectivity index (χ0v) is 14.7. The van der Waals surface area contributed by atoms with Crippen molar-refractivity contribution in [3.05, 3.63) is 23.8 Å². The van der Waals surface area contributed by atoms with E-state index in [9.17, 15) is 13.2 Å². The molecule has 2 fully saturated rings. The fourth-order valence-corrected chi connectivity index (χ4v) is 4.27. The molecule has 1 heterocycles. The topological polar surface area (TPSA) is 96.5 Å². The van der Waals surface area contributed by atoms with Gasteiger partial charge in [-0.1, -0.05) is 6.07 Å². The van der Waals surface area contributed by atoms with Crippen LogP contribution >= 0.6 is 0 Å². The van der Waals surface area contributed by atoms with Crippen LogP contribution in [0.15, 0.2) is 23.1 Å². The number of benzene rings is 1. The van der Waals surface area contributed by atoms with Crippen LogP contribution in [0.2, 0.25) is 0 Å². The predicted octanol–water partition coefficient (Wildman–Crippen LogP) is 0.751. The third-order valence-corrected chi connectivity index (χ3v) is 5.91. The average Bonchev–Trinajstić information content (AvgIpc) is 3.32. The zero-order valence-electron chi connectivity index (χ0n) is 13.8. The minimum absolute atomic E-state index is 0.0390. The van der Waals surface area contributed by atoms with Crippen LogP contribution in [0, 0.1) is 6.92 Å². The van der Waals surface area contributed by atoms with Crippen molar-refractivity contribution in [2.75, 3.05) is 18.5 Å². The fourth-order valence-electron chi connectivity index (χ4n) is 2.70. The number of morpholine rings is 1. The van der Waals surface area contributed by atoms with Crippen molar-refractivity contribution < 1.29 is 17.9 Å². The van der Waals surface area contributed by atoms with Crippen LogP contribution in [0.25, 0.3) is 0 Å². The molecule has 1 aromatic rings. The molecular formula is C16H23N3O4S. The second kappa shape index (κ2) is 6.79. The smallest absolute Gasteiger partial charge is 0.244 e. The van der Waals surface area contributed by atoms with Crippen molar-refractivity contribution in [1.82, 2.24) is 10.0 Å². The van der Waals surface area contributed by atoms with Gasteiger partial charge in [0.1, 0.15) is 6.04 Å². The maximum absolute atomic E-state index is 12.4. The van der Waals surface area contributed by atoms with Crippen LogP contribution < -0.4 is 15.4 Å². The highest BCUT2D eigenvalue weighted by molar-refractivity contribution is 7.89. The Labute approximate surface area is 142 Å². The number of ether oxygens (including phenoxy) is 1. The molecule has 0 unspecified atom stereocenters. The van der Waals surface area contributed by atoms with E-state index in [1.54, 1.807) is 19.1 Å². The van der Waals surface area contributed by atoms with E-state index in [1.807, 2.05) is 6.92 Å². The molecule has 1 aromatic carbocycles. The Morgan fingerprint density at radius 2 is 2.08 bits per heavy atom. The molecule has 1 saturated heterocycles. The lowest BCUT2D eigenvalue weighted by atomic mass is 10.1. The molecule has 0 aromatic heterocycles. The predicted molar refractivity (Wildman–Crippen MR) is 90.4 cm³/mol. The van der Waals surface area contributed by atoms with Gasteiger partial charge in [-0.3, -0.25) is 4.79 Å². The van der Waals surface area contributed by atoms with E-state index in [0.29, 0.717) is 24.4 Å². The maximum atomic E-state index is 12.4. The summed E-state index contributed by atoms with van der Waals surface area (Å²) in [5, 5.41) is 5.89. The van der Waals surface area contributed by atoms with Crippen molar-refractivity contribution >= 4 is 21.6 Å². The van der Waals surface area contributed by atoms with Gasteiger partial charge < -0.3 is 15.4 Å². The quantitative estimate of drug-likeness (QED) is 0.726. The van der Waals surface area contributed by atoms with Crippen molar-refractivity contribution in [2.24, 2.45) is 0 Å². The SMILES string of the molecule is Cc1ccc(NC(=O)[C@H]2NCCO[C@@H]2C)cc1S(=O)(=O)NC1CC1. The molecule has 2 aliphatic rings. The first-order chi connectivity index (χ1) is 11.4. The van der Waals surface area contributed by atoms with Gasteiger partial charge >= 0.3 is 0 Å². The van der Waals surface area contributed by atoms with Gasteiger partial charge in [-0.15, -0.1) is 0 Å². The van der Waals surface area contributed by atoms with E-state index < -0.39 is 16.1 Å². The molecule has 24 heavy (non-hydrogen) atoms. The summed E-state index contributed by atoms with van der Waals surface area (Å²) in [5.41, 5.74) is 1.11. The summed E-state index contributed by atoms with van der Waals surface area (Å²) in [5.74, 6) is -0.232. The molecule has 3 rings (SSSR count). The monoisotopic (exact) mass is 353 g/mol. The number of anilines is 1. The lowest BCUT2D eigenvalue weighted by Crippen LogP contribution is -2.53. The first-order valence-corrected chi connectivity index (χ1v) is 9.64. The molecule has 1 aliphatic carbocycles. The number of hydrogen-bond donors (Lipinski definition) is 3. The minimum atomic E-state index is -3.56. The number of hydrogen-bond acceptors (Lipinski definition) is 5. The first-order valence-electron chi connectivity index (χ1n) is 8.15. The fraction of sp³-hybridized carbons (Fsp3) is 0.562. The summed E-state index contributed by atoms with van der Waals surface area (Å²) in [6.07, 6.45) is 1.52. The summed E-state index contributed by atoms with van der Waals surface area (Å²) in [6.45, 7) is 4.76. The molecule has 8 heteroatoms. The zero-order chi connectivity index (χ0) is 17.3. The number of carbonyl (C=O) groups excluding carboxylic acids is 1. The highest BCUT2D eigenvalue weighted by atomic mass is 32.2. The van der Waals surface area contributed by atoms with Gasteiger partial charge in [0.15, 0.2) is 0 Å². The van der Waals surface area contributed by atoms with Crippen LogP contribution in [0.4, 0.5) is 5.69 Å². The third-order valence-electron chi connectivity index (χ3n) is 4.24. The third kappa shape index (κ3) is 3.94. The molecule has 1 saturated carbocycles. The Hall–Kier alpha value is -1.48. The summed E-state index contributed by atoms with van der Waals surface area (Å²) in [4.78, 5) is 12.6. The minimum Gasteiger partial charge on any atom is -0.375 e. The van der Waals surface area contributed by atoms with E-state index in [-0.39, 0.29) is 22.9 Å². The van der Waals surface area contributed by atoms with Crippen LogP contribution in [0.3, 0.4) is 0 Å². The highest BCUT2D eigenvalue weighted by Crippen LogP contribution is 2.25. The normalized spacial score (nSPS) is 24.6. The summed E-state index contributed by atoms with van der Waals surface area (Å²) in [7, 11) is -3.56. The summed E-state index contributed by atoms with van der Waals surface area (Å²) < 4.78 is 33.0. The first kappa shape index (κ1) is 17.3. The highest BCUT2D eigenvalue weighted by Gasteiger charge is 2.30. The Kier molecular flexibility index (Phi) is 4.91. The summed E-state index contributed by atoms with van der Waals surface area (Å²) in [6, 6.07) is 4.50. The van der Waals surface area contributed by atoms with Crippen LogP contribution in [0.5, 0.6) is 0 Å². The Morgan fingerprint density at radius 3 is 2.75 bits per heavy atom. The number of nitrogens with one attached hydrogen (secondary N) is 3. The van der Waals surface area contributed by atoms with E-state index in [1.165, 1.54) is 6.07 Å². The second-order valence-corrected chi connectivity index (χ2v) is 8.06. The van der Waals surface area contributed by atoms with Crippen molar-refractivity contribution in [2.45, 2.75) is 49.8 Å². The molecule has 3 N–H and O–H groups in total. The van der Waals surface area contributed by atoms with Gasteiger partial charge in [-0.05, 0) is 44.4 Å². The average molecular weight is 353 g/mol. The number of aryl methyl sites for hydroxylation is 1.